The highest BCUT2D eigenvalue weighted by Gasteiger charge is 2.29. The van der Waals surface area contributed by atoms with Gasteiger partial charge in [0.25, 0.3) is 5.91 Å². The third kappa shape index (κ3) is 4.58. The summed E-state index contributed by atoms with van der Waals surface area (Å²) in [5, 5.41) is 0. The zero-order valence-electron chi connectivity index (χ0n) is 20.4. The second-order valence-electron chi connectivity index (χ2n) is 9.63. The van der Waals surface area contributed by atoms with Crippen molar-refractivity contribution in [1.82, 2.24) is 24.8 Å². The number of nitrogens with one attached hydrogen (secondary N) is 1. The first-order chi connectivity index (χ1) is 16.4. The lowest BCUT2D eigenvalue weighted by Gasteiger charge is -2.23. The van der Waals surface area contributed by atoms with Crippen LogP contribution in [0.25, 0.3) is 22.3 Å². The third-order valence-corrected chi connectivity index (χ3v) is 6.91. The number of nitrogens with zero attached hydrogens (tertiary/aromatic N) is 4. The van der Waals surface area contributed by atoms with Crippen LogP contribution < -0.4 is 0 Å². The maximum atomic E-state index is 13.7. The third-order valence-electron chi connectivity index (χ3n) is 6.91. The normalized spacial score (nSPS) is 13.4. The van der Waals surface area contributed by atoms with Crippen molar-refractivity contribution in [3.05, 3.63) is 76.5 Å². The number of amides is 1. The topological polar surface area (TPSA) is 74.8 Å². The van der Waals surface area contributed by atoms with Gasteiger partial charge < -0.3 is 9.88 Å². The molecule has 2 aromatic heterocycles. The average molecular weight is 454 g/mol. The Bertz CT molecular complexity index is 1330. The molecule has 6 nitrogen and oxygen atoms in total. The molecular formula is C28H31N5O. The molecule has 5 rings (SSSR count). The summed E-state index contributed by atoms with van der Waals surface area (Å²) in [5.41, 5.74) is 8.88. The fourth-order valence-corrected chi connectivity index (χ4v) is 4.31. The van der Waals surface area contributed by atoms with Crippen LogP contribution in [-0.2, 0) is 6.42 Å². The highest BCUT2D eigenvalue weighted by Crippen LogP contribution is 2.31. The van der Waals surface area contributed by atoms with E-state index in [1.165, 1.54) is 35.1 Å². The molecule has 1 aliphatic carbocycles. The summed E-state index contributed by atoms with van der Waals surface area (Å²) >= 11 is 0. The second-order valence-corrected chi connectivity index (χ2v) is 9.63. The summed E-state index contributed by atoms with van der Waals surface area (Å²) in [7, 11) is 0. The zero-order valence-corrected chi connectivity index (χ0v) is 20.4. The molecule has 1 N–H and O–H groups in total. The average Bonchev–Trinajstić information content (AvgIpc) is 3.57. The van der Waals surface area contributed by atoms with E-state index < -0.39 is 0 Å². The van der Waals surface area contributed by atoms with Crippen LogP contribution in [0.1, 0.15) is 51.4 Å². The summed E-state index contributed by atoms with van der Waals surface area (Å²) in [5.74, 6) is 1.42. The van der Waals surface area contributed by atoms with Gasteiger partial charge in [-0.05, 0) is 86.9 Å². The number of aromatic nitrogens is 4. The van der Waals surface area contributed by atoms with E-state index in [1.54, 1.807) is 12.4 Å². The number of aryl methyl sites for hydroxylation is 4. The van der Waals surface area contributed by atoms with Gasteiger partial charge in [0, 0.05) is 37.5 Å². The fourth-order valence-electron chi connectivity index (χ4n) is 4.31. The van der Waals surface area contributed by atoms with Crippen LogP contribution in [0.15, 0.2) is 42.7 Å². The Morgan fingerprint density at radius 2 is 1.71 bits per heavy atom. The minimum absolute atomic E-state index is 0.0592. The molecular weight excluding hydrogens is 422 g/mol. The van der Waals surface area contributed by atoms with E-state index in [2.05, 4.69) is 66.9 Å². The predicted molar refractivity (Wildman–Crippen MR) is 135 cm³/mol. The summed E-state index contributed by atoms with van der Waals surface area (Å²) in [6.07, 6.45) is 6.29. The zero-order chi connectivity index (χ0) is 23.8. The van der Waals surface area contributed by atoms with Crippen molar-refractivity contribution in [3.8, 4) is 11.3 Å². The van der Waals surface area contributed by atoms with Crippen molar-refractivity contribution >= 4 is 16.9 Å². The van der Waals surface area contributed by atoms with Crippen molar-refractivity contribution in [1.29, 1.82) is 0 Å². The number of benzene rings is 2. The molecule has 34 heavy (non-hydrogen) atoms. The van der Waals surface area contributed by atoms with Gasteiger partial charge >= 0.3 is 0 Å². The Balaban J connectivity index is 1.41. The summed E-state index contributed by atoms with van der Waals surface area (Å²) in [6, 6.07) is 10.4. The van der Waals surface area contributed by atoms with Crippen molar-refractivity contribution in [2.75, 3.05) is 13.1 Å². The number of fused-ring (bicyclic) bond motifs is 1. The molecule has 1 fully saturated rings. The van der Waals surface area contributed by atoms with E-state index in [1.807, 2.05) is 11.0 Å². The molecule has 0 aliphatic heterocycles. The van der Waals surface area contributed by atoms with Crippen LogP contribution in [0.5, 0.6) is 0 Å². The van der Waals surface area contributed by atoms with Crippen LogP contribution in [-0.4, -0.2) is 43.8 Å². The first kappa shape index (κ1) is 22.3. The molecule has 1 amide bonds. The smallest absolute Gasteiger partial charge is 0.274 e. The maximum absolute atomic E-state index is 13.7. The van der Waals surface area contributed by atoms with Crippen LogP contribution in [0.4, 0.5) is 0 Å². The Morgan fingerprint density at radius 1 is 0.971 bits per heavy atom. The van der Waals surface area contributed by atoms with Gasteiger partial charge in [0.05, 0.1) is 11.0 Å². The minimum Gasteiger partial charge on any atom is -0.342 e. The van der Waals surface area contributed by atoms with E-state index >= 15 is 0 Å². The maximum Gasteiger partial charge on any atom is 0.274 e. The van der Waals surface area contributed by atoms with Gasteiger partial charge in [0.1, 0.15) is 11.5 Å². The van der Waals surface area contributed by atoms with Crippen molar-refractivity contribution in [3.63, 3.8) is 0 Å². The summed E-state index contributed by atoms with van der Waals surface area (Å²) in [4.78, 5) is 32.9. The largest absolute Gasteiger partial charge is 0.342 e. The first-order valence-electron chi connectivity index (χ1n) is 12.0. The number of hydrogen-bond acceptors (Lipinski definition) is 4. The van der Waals surface area contributed by atoms with Crippen molar-refractivity contribution in [2.24, 2.45) is 5.92 Å². The molecule has 2 heterocycles. The standard InChI is InChI=1S/C28H31N5O/c1-17-5-8-22(13-18(17)2)26-27(30-11-10-29-26)28(34)33(16-21-6-7-21)12-9-25-31-23-14-19(3)20(4)15-24(23)32-25/h5,8,10-11,13-15,21H,6-7,9,12,16H2,1-4H3,(H,31,32). The van der Waals surface area contributed by atoms with Crippen LogP contribution in [0, 0.1) is 33.6 Å². The minimum atomic E-state index is -0.0592. The lowest BCUT2D eigenvalue weighted by molar-refractivity contribution is 0.0743. The molecule has 174 valence electrons. The van der Waals surface area contributed by atoms with Gasteiger partial charge in [-0.2, -0.15) is 0 Å². The molecule has 4 aromatic rings. The molecule has 0 saturated heterocycles. The van der Waals surface area contributed by atoms with Crippen LogP contribution in [0.2, 0.25) is 0 Å². The molecule has 0 atom stereocenters. The molecule has 1 saturated carbocycles. The van der Waals surface area contributed by atoms with Crippen LogP contribution >= 0.6 is 0 Å². The fraction of sp³-hybridized carbons (Fsp3) is 0.357. The summed E-state index contributed by atoms with van der Waals surface area (Å²) in [6.45, 7) is 9.72. The molecule has 1 aliphatic rings. The summed E-state index contributed by atoms with van der Waals surface area (Å²) < 4.78 is 0. The van der Waals surface area contributed by atoms with Crippen molar-refractivity contribution < 1.29 is 4.79 Å². The lowest BCUT2D eigenvalue weighted by Crippen LogP contribution is -2.36. The van der Waals surface area contributed by atoms with E-state index in [9.17, 15) is 4.79 Å². The Hall–Kier alpha value is -3.54. The van der Waals surface area contributed by atoms with Gasteiger partial charge in [0.15, 0.2) is 5.69 Å². The Labute approximate surface area is 200 Å². The van der Waals surface area contributed by atoms with Crippen LogP contribution in [0.3, 0.4) is 0 Å². The van der Waals surface area contributed by atoms with E-state index in [-0.39, 0.29) is 5.91 Å². The Morgan fingerprint density at radius 3 is 2.47 bits per heavy atom. The number of H-pyrrole nitrogens is 1. The second kappa shape index (κ2) is 9.01. The number of rotatable bonds is 7. The molecule has 0 spiro atoms. The molecule has 0 radical (unpaired) electrons. The predicted octanol–water partition coefficient (Wildman–Crippen LogP) is 5.35. The van der Waals surface area contributed by atoms with Gasteiger partial charge in [-0.1, -0.05) is 12.1 Å². The molecule has 2 aromatic carbocycles. The van der Waals surface area contributed by atoms with E-state index in [0.717, 1.165) is 29.0 Å². The highest BCUT2D eigenvalue weighted by atomic mass is 16.2. The highest BCUT2D eigenvalue weighted by molar-refractivity contribution is 5.98. The van der Waals surface area contributed by atoms with Gasteiger partial charge in [-0.3, -0.25) is 9.78 Å². The first-order valence-corrected chi connectivity index (χ1v) is 12.0. The SMILES string of the molecule is Cc1ccc(-c2nccnc2C(=O)N(CCc2nc3cc(C)c(C)cc3[nH]2)CC2CC2)cc1C. The lowest BCUT2D eigenvalue weighted by atomic mass is 10.0. The van der Waals surface area contributed by atoms with Crippen molar-refractivity contribution in [2.45, 2.75) is 47.0 Å². The van der Waals surface area contributed by atoms with Gasteiger partial charge in [-0.15, -0.1) is 0 Å². The number of imidazole rings is 1. The van der Waals surface area contributed by atoms with Gasteiger partial charge in [0.2, 0.25) is 0 Å². The number of aromatic amines is 1. The molecule has 0 bridgehead atoms. The van der Waals surface area contributed by atoms with E-state index in [4.69, 9.17) is 4.98 Å². The molecule has 6 heteroatoms. The Kier molecular flexibility index (Phi) is 5.90. The quantitative estimate of drug-likeness (QED) is 0.409. The number of carbonyl (C=O) groups excluding carboxylic acids is 1. The van der Waals surface area contributed by atoms with Gasteiger partial charge in [-0.25, -0.2) is 9.97 Å². The van der Waals surface area contributed by atoms with E-state index in [0.29, 0.717) is 30.3 Å². The monoisotopic (exact) mass is 453 g/mol. The number of carbonyl (C=O) groups is 1. The molecule has 0 unspecified atom stereocenters. The number of hydrogen-bond donors (Lipinski definition) is 1.